The Labute approximate surface area is 126 Å². The lowest BCUT2D eigenvalue weighted by Gasteiger charge is -2.08. The number of benzene rings is 1. The van der Waals surface area contributed by atoms with Crippen LogP contribution in [-0.4, -0.2) is 32.0 Å². The van der Waals surface area contributed by atoms with Gasteiger partial charge in [-0.05, 0) is 36.5 Å². The fourth-order valence-electron chi connectivity index (χ4n) is 1.75. The predicted molar refractivity (Wildman–Crippen MR) is 82.2 cm³/mol. The van der Waals surface area contributed by atoms with Gasteiger partial charge in [0, 0.05) is 13.1 Å². The van der Waals surface area contributed by atoms with Gasteiger partial charge in [-0.15, -0.1) is 0 Å². The Morgan fingerprint density at radius 2 is 1.62 bits per heavy atom. The number of nitrogens with one attached hydrogen (secondary N) is 2. The van der Waals surface area contributed by atoms with Gasteiger partial charge in [0.15, 0.2) is 0 Å². The second-order valence-corrected chi connectivity index (χ2v) is 5.29. The van der Waals surface area contributed by atoms with Crippen LogP contribution in [0.3, 0.4) is 0 Å². The minimum absolute atomic E-state index is 0.433. The van der Waals surface area contributed by atoms with E-state index in [4.69, 9.17) is 4.74 Å². The summed E-state index contributed by atoms with van der Waals surface area (Å²) < 4.78 is 5.07. The fraction of sp³-hybridized carbons (Fsp3) is 0.500. The minimum atomic E-state index is -0.577. The zero-order chi connectivity index (χ0) is 15.7. The number of hydrogen-bond acceptors (Lipinski definition) is 3. The van der Waals surface area contributed by atoms with Gasteiger partial charge in [-0.1, -0.05) is 26.0 Å². The summed E-state index contributed by atoms with van der Waals surface area (Å²) in [5.41, 5.74) is 1.08. The summed E-state index contributed by atoms with van der Waals surface area (Å²) in [5, 5.41) is 5.23. The van der Waals surface area contributed by atoms with Crippen molar-refractivity contribution < 1.29 is 14.3 Å². The maximum atomic E-state index is 11.6. The smallest absolute Gasteiger partial charge is 0.309 e. The molecule has 1 rings (SSSR count). The lowest BCUT2D eigenvalue weighted by atomic mass is 10.1. The normalized spacial score (nSPS) is 10.3. The average molecular weight is 292 g/mol. The average Bonchev–Trinajstić information content (AvgIpc) is 2.47. The molecule has 21 heavy (non-hydrogen) atoms. The molecule has 0 saturated carbocycles. The maximum Gasteiger partial charge on any atom is 0.309 e. The first-order valence-electron chi connectivity index (χ1n) is 7.22. The molecule has 0 unspecified atom stereocenters. The van der Waals surface area contributed by atoms with Crippen molar-refractivity contribution in [2.75, 3.05) is 20.2 Å². The summed E-state index contributed by atoms with van der Waals surface area (Å²) in [6.07, 6.45) is 1.54. The molecule has 0 aliphatic carbocycles. The molecule has 1 aromatic rings. The van der Waals surface area contributed by atoms with Gasteiger partial charge in [-0.2, -0.15) is 0 Å². The van der Waals surface area contributed by atoms with E-state index in [1.807, 2.05) is 24.3 Å². The Morgan fingerprint density at radius 3 is 2.14 bits per heavy atom. The molecule has 0 saturated heterocycles. The molecule has 0 aromatic heterocycles. The van der Waals surface area contributed by atoms with E-state index in [0.29, 0.717) is 25.4 Å². The second kappa shape index (κ2) is 9.00. The van der Waals surface area contributed by atoms with E-state index < -0.39 is 11.8 Å². The molecule has 0 bridgehead atoms. The molecule has 1 aromatic carbocycles. The molecule has 5 nitrogen and oxygen atoms in total. The molecule has 0 aliphatic rings. The van der Waals surface area contributed by atoms with Crippen LogP contribution in [-0.2, 0) is 16.0 Å². The summed E-state index contributed by atoms with van der Waals surface area (Å²) in [7, 11) is 1.62. The van der Waals surface area contributed by atoms with Gasteiger partial charge in [0.25, 0.3) is 0 Å². The number of amides is 2. The molecular weight excluding hydrogens is 268 g/mol. The summed E-state index contributed by atoms with van der Waals surface area (Å²) in [5.74, 6) is 0.161. The van der Waals surface area contributed by atoms with Gasteiger partial charge in [0.1, 0.15) is 5.75 Å². The van der Waals surface area contributed by atoms with Gasteiger partial charge in [-0.25, -0.2) is 0 Å². The third kappa shape index (κ3) is 6.79. The van der Waals surface area contributed by atoms with E-state index in [9.17, 15) is 9.59 Å². The van der Waals surface area contributed by atoms with Crippen LogP contribution in [0.5, 0.6) is 5.75 Å². The zero-order valence-electron chi connectivity index (χ0n) is 12.9. The van der Waals surface area contributed by atoms with Crippen LogP contribution in [0, 0.1) is 5.92 Å². The fourth-order valence-corrected chi connectivity index (χ4v) is 1.75. The first-order valence-corrected chi connectivity index (χ1v) is 7.22. The van der Waals surface area contributed by atoms with Crippen molar-refractivity contribution in [1.82, 2.24) is 10.6 Å². The molecule has 0 heterocycles. The number of methoxy groups -OCH3 is 1. The predicted octanol–water partition coefficient (Wildman–Crippen LogP) is 1.52. The molecule has 2 amide bonds. The minimum Gasteiger partial charge on any atom is -0.497 e. The van der Waals surface area contributed by atoms with Gasteiger partial charge in [-0.3, -0.25) is 9.59 Å². The summed E-state index contributed by atoms with van der Waals surface area (Å²) in [6.45, 7) is 5.10. The summed E-state index contributed by atoms with van der Waals surface area (Å²) in [4.78, 5) is 23.1. The first kappa shape index (κ1) is 17.0. The van der Waals surface area contributed by atoms with Crippen molar-refractivity contribution in [2.24, 2.45) is 5.92 Å². The Balaban J connectivity index is 2.24. The van der Waals surface area contributed by atoms with Crippen LogP contribution in [0.15, 0.2) is 24.3 Å². The number of hydrogen-bond donors (Lipinski definition) is 2. The number of carbonyl (C=O) groups excluding carboxylic acids is 2. The highest BCUT2D eigenvalue weighted by atomic mass is 16.5. The molecule has 0 fully saturated rings. The van der Waals surface area contributed by atoms with E-state index in [1.54, 1.807) is 7.11 Å². The summed E-state index contributed by atoms with van der Waals surface area (Å²) in [6, 6.07) is 7.62. The van der Waals surface area contributed by atoms with E-state index in [1.165, 1.54) is 0 Å². The van der Waals surface area contributed by atoms with Crippen LogP contribution in [0.4, 0.5) is 0 Å². The van der Waals surface area contributed by atoms with Crippen LogP contribution in [0.1, 0.15) is 25.8 Å². The van der Waals surface area contributed by atoms with Gasteiger partial charge in [0.2, 0.25) is 0 Å². The molecule has 0 spiro atoms. The van der Waals surface area contributed by atoms with Crippen LogP contribution in [0.2, 0.25) is 0 Å². The van der Waals surface area contributed by atoms with Crippen LogP contribution >= 0.6 is 0 Å². The van der Waals surface area contributed by atoms with Crippen molar-refractivity contribution in [1.29, 1.82) is 0 Å². The lowest BCUT2D eigenvalue weighted by Crippen LogP contribution is -2.41. The third-order valence-electron chi connectivity index (χ3n) is 3.07. The Morgan fingerprint density at radius 1 is 1.05 bits per heavy atom. The van der Waals surface area contributed by atoms with E-state index in [0.717, 1.165) is 17.7 Å². The van der Waals surface area contributed by atoms with Gasteiger partial charge < -0.3 is 15.4 Å². The van der Waals surface area contributed by atoms with Crippen molar-refractivity contribution in [2.45, 2.75) is 26.7 Å². The molecule has 0 atom stereocenters. The number of rotatable bonds is 7. The van der Waals surface area contributed by atoms with Gasteiger partial charge in [0.05, 0.1) is 7.11 Å². The molecule has 0 aliphatic heterocycles. The zero-order valence-corrected chi connectivity index (χ0v) is 12.9. The van der Waals surface area contributed by atoms with Crippen molar-refractivity contribution in [3.63, 3.8) is 0 Å². The second-order valence-electron chi connectivity index (χ2n) is 5.29. The Hall–Kier alpha value is -2.04. The van der Waals surface area contributed by atoms with Crippen molar-refractivity contribution >= 4 is 11.8 Å². The molecule has 0 radical (unpaired) electrons. The quantitative estimate of drug-likeness (QED) is 0.749. The van der Waals surface area contributed by atoms with E-state index in [2.05, 4.69) is 24.5 Å². The highest BCUT2D eigenvalue weighted by Gasteiger charge is 2.11. The third-order valence-corrected chi connectivity index (χ3v) is 3.07. The first-order chi connectivity index (χ1) is 10.0. The highest BCUT2D eigenvalue weighted by Crippen LogP contribution is 2.11. The molecule has 5 heteroatoms. The van der Waals surface area contributed by atoms with E-state index in [-0.39, 0.29) is 0 Å². The SMILES string of the molecule is COc1ccc(CCNC(=O)C(=O)NCCC(C)C)cc1. The van der Waals surface area contributed by atoms with E-state index >= 15 is 0 Å². The molecule has 2 N–H and O–H groups in total. The number of ether oxygens (including phenoxy) is 1. The summed E-state index contributed by atoms with van der Waals surface area (Å²) >= 11 is 0. The monoisotopic (exact) mass is 292 g/mol. The Bertz CT molecular complexity index is 455. The van der Waals surface area contributed by atoms with Crippen LogP contribution < -0.4 is 15.4 Å². The standard InChI is InChI=1S/C16H24N2O3/c1-12(2)8-10-17-15(19)16(20)18-11-9-13-4-6-14(21-3)7-5-13/h4-7,12H,8-11H2,1-3H3,(H,17,19)(H,18,20). The van der Waals surface area contributed by atoms with Crippen LogP contribution in [0.25, 0.3) is 0 Å². The molecular formula is C16H24N2O3. The number of carbonyl (C=O) groups is 2. The van der Waals surface area contributed by atoms with Crippen molar-refractivity contribution in [3.8, 4) is 5.75 Å². The largest absolute Gasteiger partial charge is 0.497 e. The topological polar surface area (TPSA) is 67.4 Å². The van der Waals surface area contributed by atoms with Gasteiger partial charge >= 0.3 is 11.8 Å². The molecule has 116 valence electrons. The Kier molecular flexibility index (Phi) is 7.29. The maximum absolute atomic E-state index is 11.6. The lowest BCUT2D eigenvalue weighted by molar-refractivity contribution is -0.139. The van der Waals surface area contributed by atoms with Crippen molar-refractivity contribution in [3.05, 3.63) is 29.8 Å². The highest BCUT2D eigenvalue weighted by molar-refractivity contribution is 6.35.